The van der Waals surface area contributed by atoms with Gasteiger partial charge in [0.25, 0.3) is 0 Å². The predicted octanol–water partition coefficient (Wildman–Crippen LogP) is 0.993. The molecule has 2 fully saturated rings. The van der Waals surface area contributed by atoms with E-state index in [1.54, 1.807) is 23.1 Å². The van der Waals surface area contributed by atoms with Crippen molar-refractivity contribution >= 4 is 17.7 Å². The highest BCUT2D eigenvalue weighted by atomic mass is 16.5. The minimum Gasteiger partial charge on any atom is -0.495 e. The molecule has 0 aromatic heterocycles. The van der Waals surface area contributed by atoms with Crippen LogP contribution in [0.3, 0.4) is 0 Å². The summed E-state index contributed by atoms with van der Waals surface area (Å²) in [6.45, 7) is 5.21. The van der Waals surface area contributed by atoms with E-state index < -0.39 is 5.97 Å². The van der Waals surface area contributed by atoms with Gasteiger partial charge in [0.05, 0.1) is 25.5 Å². The van der Waals surface area contributed by atoms with E-state index in [1.165, 1.54) is 20.6 Å². The summed E-state index contributed by atoms with van der Waals surface area (Å²) in [5.41, 5.74) is 0.824. The van der Waals surface area contributed by atoms with Crippen LogP contribution in [0.15, 0.2) is 18.2 Å². The lowest BCUT2D eigenvalue weighted by molar-refractivity contribution is 0.0600. The molecule has 0 radical (unpaired) electrons. The summed E-state index contributed by atoms with van der Waals surface area (Å²) in [6.07, 6.45) is 1.17. The molecule has 142 valence electrons. The maximum atomic E-state index is 12.6. The molecular formula is C18H26N4O4. The quantitative estimate of drug-likeness (QED) is 0.778. The van der Waals surface area contributed by atoms with E-state index in [-0.39, 0.29) is 6.03 Å². The van der Waals surface area contributed by atoms with E-state index >= 15 is 0 Å². The normalized spacial score (nSPS) is 20.7. The van der Waals surface area contributed by atoms with Crippen molar-refractivity contribution in [2.75, 3.05) is 58.8 Å². The molecule has 3 rings (SSSR count). The fourth-order valence-corrected chi connectivity index (χ4v) is 3.49. The summed E-state index contributed by atoms with van der Waals surface area (Å²) < 4.78 is 10.0. The Labute approximate surface area is 153 Å². The number of urea groups is 1. The van der Waals surface area contributed by atoms with E-state index in [4.69, 9.17) is 9.47 Å². The molecule has 2 N–H and O–H groups in total. The summed E-state index contributed by atoms with van der Waals surface area (Å²) in [7, 11) is 2.85. The topological polar surface area (TPSA) is 83.1 Å². The van der Waals surface area contributed by atoms with Gasteiger partial charge in [-0.2, -0.15) is 0 Å². The lowest BCUT2D eigenvalue weighted by Gasteiger charge is -2.37. The van der Waals surface area contributed by atoms with Crippen molar-refractivity contribution in [2.24, 2.45) is 0 Å². The zero-order valence-corrected chi connectivity index (χ0v) is 15.3. The van der Waals surface area contributed by atoms with Crippen molar-refractivity contribution < 1.29 is 19.1 Å². The first-order valence-corrected chi connectivity index (χ1v) is 8.89. The monoisotopic (exact) mass is 362 g/mol. The highest BCUT2D eigenvalue weighted by Crippen LogP contribution is 2.26. The summed E-state index contributed by atoms with van der Waals surface area (Å²) >= 11 is 0. The molecule has 1 aromatic rings. The Hall–Kier alpha value is -2.32. The minimum atomic E-state index is -0.457. The molecule has 2 saturated heterocycles. The Balaban J connectivity index is 1.61. The zero-order valence-electron chi connectivity index (χ0n) is 15.3. The van der Waals surface area contributed by atoms with Crippen molar-refractivity contribution in [3.05, 3.63) is 23.8 Å². The third-order valence-corrected chi connectivity index (χ3v) is 5.01. The second kappa shape index (κ2) is 8.37. The molecule has 1 atom stereocenters. The number of hydrogen-bond donors (Lipinski definition) is 2. The number of anilines is 1. The Morgan fingerprint density at radius 1 is 1.19 bits per heavy atom. The number of nitrogens with one attached hydrogen (secondary N) is 2. The summed E-state index contributed by atoms with van der Waals surface area (Å²) in [5.74, 6) is 0.0450. The third kappa shape index (κ3) is 4.08. The van der Waals surface area contributed by atoms with Gasteiger partial charge in [-0.15, -0.1) is 0 Å². The molecule has 26 heavy (non-hydrogen) atoms. The number of amides is 2. The van der Waals surface area contributed by atoms with Crippen molar-refractivity contribution in [2.45, 2.75) is 12.5 Å². The van der Waals surface area contributed by atoms with Gasteiger partial charge in [0.15, 0.2) is 0 Å². The Kier molecular flexibility index (Phi) is 5.95. The predicted molar refractivity (Wildman–Crippen MR) is 97.8 cm³/mol. The van der Waals surface area contributed by atoms with Crippen LogP contribution in [0.5, 0.6) is 5.75 Å². The van der Waals surface area contributed by atoms with Gasteiger partial charge in [-0.05, 0) is 31.2 Å². The number of benzene rings is 1. The van der Waals surface area contributed by atoms with Gasteiger partial charge in [-0.1, -0.05) is 0 Å². The van der Waals surface area contributed by atoms with Gasteiger partial charge in [0.2, 0.25) is 0 Å². The van der Waals surface area contributed by atoms with Crippen LogP contribution in [-0.2, 0) is 4.74 Å². The van der Waals surface area contributed by atoms with Crippen LogP contribution in [0.25, 0.3) is 0 Å². The number of ether oxygens (including phenoxy) is 2. The molecule has 0 unspecified atom stereocenters. The summed E-state index contributed by atoms with van der Waals surface area (Å²) in [6, 6.07) is 5.22. The lowest BCUT2D eigenvalue weighted by atomic mass is 10.2. The molecule has 0 bridgehead atoms. The summed E-state index contributed by atoms with van der Waals surface area (Å²) in [4.78, 5) is 28.6. The molecular weight excluding hydrogens is 336 g/mol. The second-order valence-electron chi connectivity index (χ2n) is 6.51. The average molecular weight is 362 g/mol. The SMILES string of the molecule is COC(=O)c1ccc(OC)c(NC(=O)N2CCN([C@@H]3CCNC3)CC2)c1. The molecule has 2 aliphatic heterocycles. The van der Waals surface area contributed by atoms with Crippen molar-refractivity contribution in [1.29, 1.82) is 0 Å². The number of methoxy groups -OCH3 is 2. The molecule has 1 aromatic carbocycles. The number of carbonyl (C=O) groups is 2. The number of hydrogen-bond acceptors (Lipinski definition) is 6. The van der Waals surface area contributed by atoms with Gasteiger partial charge in [-0.25, -0.2) is 9.59 Å². The largest absolute Gasteiger partial charge is 0.495 e. The van der Waals surface area contributed by atoms with Gasteiger partial charge >= 0.3 is 12.0 Å². The highest BCUT2D eigenvalue weighted by Gasteiger charge is 2.28. The van der Waals surface area contributed by atoms with Crippen LogP contribution in [0.1, 0.15) is 16.8 Å². The number of rotatable bonds is 4. The molecule has 0 spiro atoms. The number of carbonyl (C=O) groups excluding carboxylic acids is 2. The third-order valence-electron chi connectivity index (χ3n) is 5.01. The first kappa shape index (κ1) is 18.5. The number of esters is 1. The lowest BCUT2D eigenvalue weighted by Crippen LogP contribution is -2.53. The van der Waals surface area contributed by atoms with Gasteiger partial charge in [0.1, 0.15) is 5.75 Å². The smallest absolute Gasteiger partial charge is 0.337 e. The van der Waals surface area contributed by atoms with E-state index in [2.05, 4.69) is 15.5 Å². The maximum Gasteiger partial charge on any atom is 0.337 e. The molecule has 0 saturated carbocycles. The zero-order chi connectivity index (χ0) is 18.5. The fraction of sp³-hybridized carbons (Fsp3) is 0.556. The Bertz CT molecular complexity index is 653. The van der Waals surface area contributed by atoms with Crippen LogP contribution >= 0.6 is 0 Å². The number of piperazine rings is 1. The Morgan fingerprint density at radius 2 is 1.96 bits per heavy atom. The average Bonchev–Trinajstić information content (AvgIpc) is 3.22. The van der Waals surface area contributed by atoms with E-state index in [0.717, 1.165) is 26.2 Å². The first-order valence-electron chi connectivity index (χ1n) is 8.89. The molecule has 2 aliphatic rings. The van der Waals surface area contributed by atoms with E-state index in [1.807, 2.05) is 0 Å². The minimum absolute atomic E-state index is 0.186. The van der Waals surface area contributed by atoms with Gasteiger partial charge < -0.3 is 25.0 Å². The molecule has 2 heterocycles. The second-order valence-corrected chi connectivity index (χ2v) is 6.51. The number of nitrogens with zero attached hydrogens (tertiary/aromatic N) is 2. The molecule has 0 aliphatic carbocycles. The standard InChI is InChI=1S/C18H26N4O4/c1-25-16-4-3-13(17(23)26-2)11-15(16)20-18(24)22-9-7-21(8-10-22)14-5-6-19-12-14/h3-4,11,14,19H,5-10,12H2,1-2H3,(H,20,24)/t14-/m1/s1. The highest BCUT2D eigenvalue weighted by molar-refractivity contribution is 5.95. The molecule has 8 heteroatoms. The van der Waals surface area contributed by atoms with Crippen LogP contribution in [-0.4, -0.2) is 81.3 Å². The van der Waals surface area contributed by atoms with Crippen molar-refractivity contribution in [3.63, 3.8) is 0 Å². The van der Waals surface area contributed by atoms with E-state index in [0.29, 0.717) is 36.1 Å². The van der Waals surface area contributed by atoms with Crippen LogP contribution in [0.2, 0.25) is 0 Å². The fourth-order valence-electron chi connectivity index (χ4n) is 3.49. The van der Waals surface area contributed by atoms with Crippen LogP contribution in [0.4, 0.5) is 10.5 Å². The molecule has 8 nitrogen and oxygen atoms in total. The van der Waals surface area contributed by atoms with Crippen molar-refractivity contribution in [3.8, 4) is 5.75 Å². The van der Waals surface area contributed by atoms with Crippen LogP contribution < -0.4 is 15.4 Å². The van der Waals surface area contributed by atoms with Crippen molar-refractivity contribution in [1.82, 2.24) is 15.1 Å². The first-order chi connectivity index (χ1) is 12.6. The van der Waals surface area contributed by atoms with E-state index in [9.17, 15) is 9.59 Å². The summed E-state index contributed by atoms with van der Waals surface area (Å²) in [5, 5.41) is 6.24. The maximum absolute atomic E-state index is 12.6. The van der Waals surface area contributed by atoms with Gasteiger partial charge in [-0.3, -0.25) is 4.90 Å². The molecule has 2 amide bonds. The van der Waals surface area contributed by atoms with Crippen LogP contribution in [0, 0.1) is 0 Å². The Morgan fingerprint density at radius 3 is 2.58 bits per heavy atom. The van der Waals surface area contributed by atoms with Gasteiger partial charge in [0, 0.05) is 38.8 Å².